The van der Waals surface area contributed by atoms with Crippen molar-refractivity contribution < 1.29 is 38.1 Å². The predicted molar refractivity (Wildman–Crippen MR) is 159 cm³/mol. The fourth-order valence-electron chi connectivity index (χ4n) is 9.28. The summed E-state index contributed by atoms with van der Waals surface area (Å²) in [6.07, 6.45) is 1.62. The number of halogens is 2. The van der Waals surface area contributed by atoms with E-state index in [0.717, 1.165) is 12.0 Å². The van der Waals surface area contributed by atoms with Crippen LogP contribution in [0.4, 0.5) is 4.39 Å². The van der Waals surface area contributed by atoms with Gasteiger partial charge in [-0.3, -0.25) is 0 Å². The molecule has 1 unspecified atom stereocenters. The largest absolute Gasteiger partial charge is 0.451 e. The van der Waals surface area contributed by atoms with Gasteiger partial charge >= 0.3 is 5.97 Å². The van der Waals surface area contributed by atoms with E-state index in [9.17, 15) is 19.4 Å². The number of esters is 1. The van der Waals surface area contributed by atoms with Gasteiger partial charge in [-0.15, -0.1) is 0 Å². The number of rotatable bonds is 3. The van der Waals surface area contributed by atoms with Crippen LogP contribution < -0.4 is 0 Å². The molecule has 1 aromatic carbocycles. The maximum absolute atomic E-state index is 15.0. The maximum Gasteiger partial charge on any atom is 0.344 e. The molecule has 7 rings (SSSR count). The van der Waals surface area contributed by atoms with Crippen LogP contribution in [0.25, 0.3) is 11.3 Å². The topological polar surface area (TPSA) is 111 Å². The Morgan fingerprint density at radius 2 is 1.93 bits per heavy atom. The molecule has 9 atom stereocenters. The van der Waals surface area contributed by atoms with Crippen LogP contribution in [-0.4, -0.2) is 57.6 Å². The van der Waals surface area contributed by atoms with E-state index in [4.69, 9.17) is 30.3 Å². The zero-order valence-electron chi connectivity index (χ0n) is 26.0. The molecule has 1 saturated heterocycles. The molecule has 236 valence electrons. The van der Waals surface area contributed by atoms with Crippen LogP contribution in [0.1, 0.15) is 64.1 Å². The van der Waals surface area contributed by atoms with Gasteiger partial charge in [0.2, 0.25) is 0 Å². The van der Waals surface area contributed by atoms with Crippen LogP contribution in [0.3, 0.4) is 0 Å². The normalized spacial score (nSPS) is 39.6. The molecule has 8 nitrogen and oxygen atoms in total. The fraction of sp³-hybridized carbons (Fsp3) is 0.588. The van der Waals surface area contributed by atoms with E-state index >= 15 is 0 Å². The molecule has 5 aliphatic rings. The monoisotopic (exact) mass is 627 g/mol. The lowest BCUT2D eigenvalue weighted by atomic mass is 9.58. The van der Waals surface area contributed by atoms with Crippen molar-refractivity contribution in [3.63, 3.8) is 0 Å². The maximum atomic E-state index is 15.0. The number of hydrogen-bond acceptors (Lipinski definition) is 8. The second-order valence-corrected chi connectivity index (χ2v) is 14.9. The highest BCUT2D eigenvalue weighted by molar-refractivity contribution is 6.33. The Labute approximate surface area is 261 Å². The van der Waals surface area contributed by atoms with Crippen molar-refractivity contribution in [3.8, 4) is 11.3 Å². The first-order chi connectivity index (χ1) is 20.6. The average molecular weight is 628 g/mol. The Balaban J connectivity index is 1.36. The van der Waals surface area contributed by atoms with Gasteiger partial charge < -0.3 is 28.9 Å². The molecule has 0 amide bonds. The lowest BCUT2D eigenvalue weighted by Gasteiger charge is -2.55. The lowest BCUT2D eigenvalue weighted by Crippen LogP contribution is -2.69. The smallest absolute Gasteiger partial charge is 0.344 e. The number of carbonyl (C=O) groups is 1. The lowest BCUT2D eigenvalue weighted by molar-refractivity contribution is -0.312. The Kier molecular flexibility index (Phi) is 6.49. The van der Waals surface area contributed by atoms with Crippen molar-refractivity contribution >= 4 is 17.6 Å². The first-order valence-corrected chi connectivity index (χ1v) is 15.7. The van der Waals surface area contributed by atoms with Gasteiger partial charge in [0.15, 0.2) is 11.9 Å². The van der Waals surface area contributed by atoms with Crippen LogP contribution in [0.15, 0.2) is 46.0 Å². The number of hydrogen-bond donors (Lipinski definition) is 2. The molecule has 2 N–H and O–H groups in total. The second-order valence-electron chi connectivity index (χ2n) is 14.5. The first kappa shape index (κ1) is 30.1. The van der Waals surface area contributed by atoms with Gasteiger partial charge in [-0.25, -0.2) is 9.18 Å². The molecule has 44 heavy (non-hydrogen) atoms. The third-order valence-corrected chi connectivity index (χ3v) is 11.7. The van der Waals surface area contributed by atoms with E-state index in [0.29, 0.717) is 11.5 Å². The summed E-state index contributed by atoms with van der Waals surface area (Å²) in [4.78, 5) is 14.1. The molecule has 2 bridgehead atoms. The molecule has 10 heteroatoms. The average Bonchev–Trinajstić information content (AvgIpc) is 3.19. The number of ether oxygens (including phenoxy) is 3. The van der Waals surface area contributed by atoms with E-state index in [-0.39, 0.29) is 57.4 Å². The van der Waals surface area contributed by atoms with E-state index < -0.39 is 46.9 Å². The molecule has 1 spiro atoms. The Morgan fingerprint density at radius 3 is 2.64 bits per heavy atom. The number of fused-ring (bicyclic) bond motifs is 5. The fourth-order valence-corrected chi connectivity index (χ4v) is 9.53. The Hall–Kier alpha value is -2.56. The standard InChI is InChI=1S/C34H39ClFNO7/c1-15-13-33-16(2)11-20-25(31(20,4)5)19(27(33)38)12-18-14-41-32(6,7)43-29(18)34(33,40)28(15)42-30(39)23-17(3)44-37-26(23)24-21(35)9-8-10-22(24)36/h8-10,12-13,16,19-20,25,27-29,38,40H,11,14H2,1-7H3/t16-,19+,20-,25+,27?,28+,29-,33+,34-/m1/s1. The molecule has 0 radical (unpaired) electrons. The highest BCUT2D eigenvalue weighted by Crippen LogP contribution is 2.73. The number of carbonyl (C=O) groups excluding carboxylic acids is 1. The van der Waals surface area contributed by atoms with Crippen molar-refractivity contribution in [2.24, 2.45) is 34.5 Å². The van der Waals surface area contributed by atoms with Crippen molar-refractivity contribution in [3.05, 3.63) is 63.7 Å². The first-order valence-electron chi connectivity index (χ1n) is 15.3. The summed E-state index contributed by atoms with van der Waals surface area (Å²) in [7, 11) is 0. The second kappa shape index (κ2) is 9.48. The zero-order chi connectivity index (χ0) is 31.7. The van der Waals surface area contributed by atoms with Crippen molar-refractivity contribution in [1.82, 2.24) is 5.16 Å². The number of nitrogens with zero attached hydrogens (tertiary/aromatic N) is 1. The zero-order valence-corrected chi connectivity index (χ0v) is 26.7. The number of aryl methyl sites for hydroxylation is 1. The molecule has 4 aliphatic carbocycles. The summed E-state index contributed by atoms with van der Waals surface area (Å²) in [5.74, 6) is -2.34. The predicted octanol–water partition coefficient (Wildman–Crippen LogP) is 6.03. The van der Waals surface area contributed by atoms with E-state index in [1.165, 1.54) is 25.1 Å². The van der Waals surface area contributed by atoms with Crippen LogP contribution in [0, 0.1) is 47.2 Å². The summed E-state index contributed by atoms with van der Waals surface area (Å²) < 4.78 is 39.2. The minimum atomic E-state index is -1.89. The van der Waals surface area contributed by atoms with Crippen molar-refractivity contribution in [2.75, 3.05) is 6.61 Å². The van der Waals surface area contributed by atoms with E-state index in [2.05, 4.69) is 32.0 Å². The molecule has 1 aromatic heterocycles. The molecule has 2 aromatic rings. The number of aliphatic hydroxyl groups excluding tert-OH is 1. The molecule has 2 saturated carbocycles. The van der Waals surface area contributed by atoms with Gasteiger partial charge in [-0.2, -0.15) is 0 Å². The summed E-state index contributed by atoms with van der Waals surface area (Å²) in [6, 6.07) is 4.17. The Morgan fingerprint density at radius 1 is 1.20 bits per heavy atom. The van der Waals surface area contributed by atoms with Crippen molar-refractivity contribution in [2.45, 2.75) is 84.6 Å². The van der Waals surface area contributed by atoms with Gasteiger partial charge in [-0.1, -0.05) is 55.7 Å². The van der Waals surface area contributed by atoms with Crippen LogP contribution >= 0.6 is 11.6 Å². The molecular weight excluding hydrogens is 589 g/mol. The highest BCUT2D eigenvalue weighted by atomic mass is 35.5. The summed E-state index contributed by atoms with van der Waals surface area (Å²) in [5, 5.41) is 29.8. The van der Waals surface area contributed by atoms with E-state index in [1.807, 2.05) is 6.08 Å². The molecule has 1 aliphatic heterocycles. The van der Waals surface area contributed by atoms with Crippen LogP contribution in [0.2, 0.25) is 5.02 Å². The SMILES string of the molecule is CC1=C[C@]23C(O)[C@@H](C=C4COC(C)(C)O[C@H]4[C@]2(O)[C@H]1OC(=O)c1c(-c2c(F)cccc2Cl)noc1C)[C@H]1[C@@H](C[C@H]3C)C1(C)C. The number of aromatic nitrogens is 1. The van der Waals surface area contributed by atoms with Gasteiger partial charge in [-0.05, 0) is 80.6 Å². The quantitative estimate of drug-likeness (QED) is 0.314. The molecule has 2 heterocycles. The van der Waals surface area contributed by atoms with E-state index in [1.54, 1.807) is 20.8 Å². The van der Waals surface area contributed by atoms with Gasteiger partial charge in [0.05, 0.1) is 28.7 Å². The Bertz CT molecular complexity index is 1610. The van der Waals surface area contributed by atoms with Gasteiger partial charge in [0.25, 0.3) is 0 Å². The van der Waals surface area contributed by atoms with Crippen molar-refractivity contribution in [1.29, 1.82) is 0 Å². The molecule has 3 fully saturated rings. The summed E-state index contributed by atoms with van der Waals surface area (Å²) >= 11 is 6.33. The summed E-state index contributed by atoms with van der Waals surface area (Å²) in [5.41, 5.74) is -2.02. The number of aliphatic hydroxyl groups is 2. The van der Waals surface area contributed by atoms with Crippen LogP contribution in [0.5, 0.6) is 0 Å². The minimum absolute atomic E-state index is 0.0333. The highest BCUT2D eigenvalue weighted by Gasteiger charge is 2.77. The third-order valence-electron chi connectivity index (χ3n) is 11.4. The summed E-state index contributed by atoms with van der Waals surface area (Å²) in [6.45, 7) is 13.6. The third kappa shape index (κ3) is 3.82. The molecular formula is C34H39ClFNO7. The van der Waals surface area contributed by atoms with Gasteiger partial charge in [0, 0.05) is 5.92 Å². The minimum Gasteiger partial charge on any atom is -0.451 e. The number of benzene rings is 1. The van der Waals surface area contributed by atoms with Crippen LogP contribution in [-0.2, 0) is 14.2 Å². The van der Waals surface area contributed by atoms with Gasteiger partial charge in [0.1, 0.15) is 34.5 Å².